The van der Waals surface area contributed by atoms with Crippen LogP contribution in [0.25, 0.3) is 0 Å². The molecule has 0 aromatic rings. The Kier molecular flexibility index (Phi) is 5.63. The molecule has 0 atom stereocenters. The van der Waals surface area contributed by atoms with Crippen LogP contribution in [0.3, 0.4) is 0 Å². The molecular formula is C10H3F13N2O3. The van der Waals surface area contributed by atoms with Crippen molar-refractivity contribution in [3.05, 3.63) is 0 Å². The molecule has 0 aliphatic carbocycles. The molecule has 1 saturated heterocycles. The number of imide groups is 2. The third kappa shape index (κ3) is 4.23. The second-order valence-corrected chi connectivity index (χ2v) is 5.03. The highest BCUT2D eigenvalue weighted by Crippen LogP contribution is 2.43. The second kappa shape index (κ2) is 6.64. The molecule has 0 aromatic carbocycles. The Balaban J connectivity index is 3.70. The molecule has 18 heteroatoms. The predicted molar refractivity (Wildman–Crippen MR) is 55.8 cm³/mol. The van der Waals surface area contributed by atoms with Crippen molar-refractivity contribution in [3.63, 3.8) is 0 Å². The van der Waals surface area contributed by atoms with Crippen LogP contribution in [0.4, 0.5) is 61.9 Å². The first-order valence-electron chi connectivity index (χ1n) is 6.24. The number of hydrogen-bond donors (Lipinski definition) is 0. The van der Waals surface area contributed by atoms with Gasteiger partial charge in [0, 0.05) is 0 Å². The van der Waals surface area contributed by atoms with Gasteiger partial charge in [-0.05, 0) is 0 Å². The molecular weight excluding hydrogens is 443 g/mol. The van der Waals surface area contributed by atoms with Crippen molar-refractivity contribution in [1.29, 1.82) is 0 Å². The van der Waals surface area contributed by atoms with Crippen LogP contribution in [0, 0.1) is 0 Å². The summed E-state index contributed by atoms with van der Waals surface area (Å²) < 4.78 is 165. The van der Waals surface area contributed by atoms with Gasteiger partial charge in [-0.25, -0.2) is 19.0 Å². The minimum absolute atomic E-state index is 2.24. The summed E-state index contributed by atoms with van der Waals surface area (Å²) in [4.78, 5) is 29.7. The minimum Gasteiger partial charge on any atom is -0.270 e. The monoisotopic (exact) mass is 446 g/mol. The van der Waals surface area contributed by atoms with Crippen molar-refractivity contribution in [1.82, 2.24) is 9.80 Å². The molecule has 1 aliphatic heterocycles. The average molecular weight is 446 g/mol. The fourth-order valence-corrected chi connectivity index (χ4v) is 2.09. The highest BCUT2D eigenvalue weighted by Gasteiger charge is 2.70. The zero-order chi connectivity index (χ0) is 22.6. The van der Waals surface area contributed by atoms with E-state index in [-0.39, 0.29) is 0 Å². The number of alkyl halides is 13. The van der Waals surface area contributed by atoms with Crippen LogP contribution >= 0.6 is 0 Å². The van der Waals surface area contributed by atoms with Gasteiger partial charge in [0.05, 0.1) is 0 Å². The minimum atomic E-state index is -6.68. The van der Waals surface area contributed by atoms with E-state index in [0.29, 0.717) is 0 Å². The van der Waals surface area contributed by atoms with Gasteiger partial charge >= 0.3 is 30.7 Å². The van der Waals surface area contributed by atoms with Gasteiger partial charge in [0.1, 0.15) is 0 Å². The SMILES string of the molecule is O=C1C(F)C(=O)N(C(C(F)(F)F)C(F)(F)F)C(=O)N1C(C(F)(F)F)C(F)(F)F. The Labute approximate surface area is 143 Å². The third-order valence-corrected chi connectivity index (χ3v) is 3.08. The lowest BCUT2D eigenvalue weighted by Crippen LogP contribution is -2.73. The van der Waals surface area contributed by atoms with Crippen LogP contribution in [0.15, 0.2) is 0 Å². The smallest absolute Gasteiger partial charge is 0.270 e. The molecule has 0 radical (unpaired) electrons. The van der Waals surface area contributed by atoms with E-state index in [4.69, 9.17) is 0 Å². The van der Waals surface area contributed by atoms with Crippen molar-refractivity contribution in [2.24, 2.45) is 0 Å². The lowest BCUT2D eigenvalue weighted by molar-refractivity contribution is -0.290. The number of urea groups is 1. The van der Waals surface area contributed by atoms with Crippen LogP contribution in [0.1, 0.15) is 0 Å². The van der Waals surface area contributed by atoms with E-state index in [2.05, 4.69) is 0 Å². The molecule has 1 rings (SSSR count). The van der Waals surface area contributed by atoms with Gasteiger partial charge < -0.3 is 0 Å². The summed E-state index contributed by atoms with van der Waals surface area (Å²) in [5.41, 5.74) is 0. The van der Waals surface area contributed by atoms with Crippen molar-refractivity contribution in [2.45, 2.75) is 43.0 Å². The number of amides is 4. The molecule has 0 spiro atoms. The molecule has 0 saturated carbocycles. The van der Waals surface area contributed by atoms with E-state index in [1.165, 1.54) is 0 Å². The molecule has 0 unspecified atom stereocenters. The third-order valence-electron chi connectivity index (χ3n) is 3.08. The fraction of sp³-hybridized carbons (Fsp3) is 0.700. The Bertz CT molecular complexity index is 579. The van der Waals surface area contributed by atoms with Gasteiger partial charge in [-0.2, -0.15) is 52.7 Å². The summed E-state index contributed by atoms with van der Waals surface area (Å²) >= 11 is 0. The second-order valence-electron chi connectivity index (χ2n) is 5.03. The van der Waals surface area contributed by atoms with Gasteiger partial charge in [0.25, 0.3) is 18.0 Å². The maximum absolute atomic E-state index is 13.5. The molecule has 1 fully saturated rings. The van der Waals surface area contributed by atoms with Gasteiger partial charge in [-0.1, -0.05) is 0 Å². The fourth-order valence-electron chi connectivity index (χ4n) is 2.09. The van der Waals surface area contributed by atoms with Crippen LogP contribution in [-0.2, 0) is 9.59 Å². The molecule has 4 amide bonds. The van der Waals surface area contributed by atoms with Crippen molar-refractivity contribution < 1.29 is 71.5 Å². The molecule has 5 nitrogen and oxygen atoms in total. The van der Waals surface area contributed by atoms with E-state index < -0.39 is 70.6 Å². The summed E-state index contributed by atoms with van der Waals surface area (Å²) in [6.45, 7) is 0. The first-order chi connectivity index (χ1) is 12.1. The van der Waals surface area contributed by atoms with Crippen molar-refractivity contribution in [2.75, 3.05) is 0 Å². The number of halogens is 13. The molecule has 0 N–H and O–H groups in total. The number of carbonyl (C=O) groups excluding carboxylic acids is 3. The summed E-state index contributed by atoms with van der Waals surface area (Å²) in [6, 6.07) is -14.2. The Morgan fingerprint density at radius 3 is 0.964 bits per heavy atom. The molecule has 0 bridgehead atoms. The van der Waals surface area contributed by atoms with Crippen molar-refractivity contribution in [3.8, 4) is 0 Å². The largest absolute Gasteiger partial charge is 0.418 e. The van der Waals surface area contributed by atoms with E-state index in [1.54, 1.807) is 0 Å². The summed E-state index contributed by atoms with van der Waals surface area (Å²) in [5.74, 6) is -6.46. The Morgan fingerprint density at radius 2 is 0.786 bits per heavy atom. The Hall–Kier alpha value is -2.30. The number of barbiturate groups is 1. The maximum Gasteiger partial charge on any atom is 0.418 e. The average Bonchev–Trinajstić information content (AvgIpc) is 2.40. The van der Waals surface area contributed by atoms with Gasteiger partial charge in [0.15, 0.2) is 0 Å². The summed E-state index contributed by atoms with van der Waals surface area (Å²) in [6.07, 6.45) is -31.1. The Morgan fingerprint density at radius 1 is 0.571 bits per heavy atom. The normalized spacial score (nSPS) is 18.8. The number of rotatable bonds is 2. The topological polar surface area (TPSA) is 57.7 Å². The molecule has 162 valence electrons. The van der Waals surface area contributed by atoms with Crippen molar-refractivity contribution >= 4 is 17.8 Å². The lowest BCUT2D eigenvalue weighted by Gasteiger charge is -2.42. The van der Waals surface area contributed by atoms with E-state index >= 15 is 0 Å². The van der Waals surface area contributed by atoms with Crippen LogP contribution < -0.4 is 0 Å². The quantitative estimate of drug-likeness (QED) is 0.484. The highest BCUT2D eigenvalue weighted by molar-refractivity contribution is 6.18. The maximum atomic E-state index is 13.5. The molecule has 28 heavy (non-hydrogen) atoms. The molecule has 0 aromatic heterocycles. The highest BCUT2D eigenvalue weighted by atomic mass is 19.4. The van der Waals surface area contributed by atoms with E-state index in [0.717, 1.165) is 0 Å². The van der Waals surface area contributed by atoms with E-state index in [1.807, 2.05) is 0 Å². The van der Waals surface area contributed by atoms with Crippen LogP contribution in [-0.4, -0.2) is 70.6 Å². The zero-order valence-electron chi connectivity index (χ0n) is 12.3. The summed E-state index contributed by atoms with van der Waals surface area (Å²) in [7, 11) is 0. The van der Waals surface area contributed by atoms with Crippen LogP contribution in [0.2, 0.25) is 0 Å². The lowest BCUT2D eigenvalue weighted by atomic mass is 10.1. The molecule has 1 aliphatic rings. The summed E-state index contributed by atoms with van der Waals surface area (Å²) in [5, 5.41) is 0. The van der Waals surface area contributed by atoms with E-state index in [9.17, 15) is 71.5 Å². The zero-order valence-corrected chi connectivity index (χ0v) is 12.3. The van der Waals surface area contributed by atoms with Gasteiger partial charge in [-0.3, -0.25) is 9.59 Å². The number of nitrogens with zero attached hydrogens (tertiary/aromatic N) is 2. The van der Waals surface area contributed by atoms with Gasteiger partial charge in [0.2, 0.25) is 12.1 Å². The predicted octanol–water partition coefficient (Wildman–Crippen LogP) is 3.10. The number of carbonyl (C=O) groups is 3. The van der Waals surface area contributed by atoms with Crippen LogP contribution in [0.5, 0.6) is 0 Å². The van der Waals surface area contributed by atoms with Gasteiger partial charge in [-0.15, -0.1) is 0 Å². The standard InChI is InChI=1S/C10H3F13N2O3/c11-1-2(26)24(4(7(12,13)14)8(15,16)17)6(28)25(3(1)27)5(9(18,19)20)10(21,22)23/h1,4-5H. The number of hydrogen-bond acceptors (Lipinski definition) is 3. The first kappa shape index (κ1) is 23.7. The first-order valence-corrected chi connectivity index (χ1v) is 6.24. The molecule has 1 heterocycles.